The number of aliphatic imine (C=N–C) groups is 1. The second kappa shape index (κ2) is 25.0. The van der Waals surface area contributed by atoms with Gasteiger partial charge in [0.15, 0.2) is 5.96 Å². The van der Waals surface area contributed by atoms with Crippen LogP contribution in [0.3, 0.4) is 0 Å². The third-order valence-electron chi connectivity index (χ3n) is 9.62. The van der Waals surface area contributed by atoms with Crippen LogP contribution in [-0.4, -0.2) is 146 Å². The largest absolute Gasteiger partial charge is 0.508 e. The molecule has 0 radical (unpaired) electrons. The van der Waals surface area contributed by atoms with Gasteiger partial charge in [-0.25, -0.2) is 4.79 Å². The van der Waals surface area contributed by atoms with Gasteiger partial charge in [0, 0.05) is 42.9 Å². The number of phenols is 1. The van der Waals surface area contributed by atoms with E-state index in [0.717, 1.165) is 17.8 Å². The first-order chi connectivity index (χ1) is 30.3. The molecule has 2 aromatic carbocycles. The van der Waals surface area contributed by atoms with Gasteiger partial charge in [0.25, 0.3) is 0 Å². The van der Waals surface area contributed by atoms with Crippen molar-refractivity contribution in [2.75, 3.05) is 19.7 Å². The number of H-pyrrole nitrogens is 1. The van der Waals surface area contributed by atoms with Crippen molar-refractivity contribution in [1.29, 1.82) is 0 Å². The molecule has 0 aliphatic rings. The number of nitrogens with zero attached hydrogens (tertiary/aromatic N) is 1. The highest BCUT2D eigenvalue weighted by atomic mass is 16.4. The Bertz CT molecular complexity index is 2140. The Morgan fingerprint density at radius 1 is 0.750 bits per heavy atom. The summed E-state index contributed by atoms with van der Waals surface area (Å²) in [5.41, 5.74) is 18.0. The first-order valence-corrected chi connectivity index (χ1v) is 19.9. The van der Waals surface area contributed by atoms with Crippen molar-refractivity contribution in [3.63, 3.8) is 0 Å². The molecule has 0 saturated heterocycles. The second-order valence-electron chi connectivity index (χ2n) is 14.7. The molecule has 1 aromatic heterocycles. The number of nitrogens with two attached hydrogens (primary N) is 3. The lowest BCUT2D eigenvalue weighted by Crippen LogP contribution is -2.61. The van der Waals surface area contributed by atoms with E-state index < -0.39 is 116 Å². The van der Waals surface area contributed by atoms with Gasteiger partial charge >= 0.3 is 11.9 Å². The molecule has 1 heterocycles. The number of rotatable bonds is 26. The highest BCUT2D eigenvalue weighted by molar-refractivity contribution is 5.97. The Hall–Kier alpha value is -7.31. The van der Waals surface area contributed by atoms with Crippen molar-refractivity contribution >= 4 is 64.2 Å². The quantitative estimate of drug-likeness (QED) is 0.0207. The summed E-state index contributed by atoms with van der Waals surface area (Å²) in [6, 6.07) is 3.46. The molecule has 6 amide bonds. The van der Waals surface area contributed by atoms with Gasteiger partial charge in [-0.3, -0.25) is 38.6 Å². The number of benzene rings is 2. The van der Waals surface area contributed by atoms with Gasteiger partial charge in [0.2, 0.25) is 35.4 Å². The number of carboxylic acids is 2. The number of aromatic nitrogens is 1. The number of carbonyl (C=O) groups excluding carboxylic acids is 6. The summed E-state index contributed by atoms with van der Waals surface area (Å²) in [6.07, 6.45) is -1.42. The molecule has 0 aliphatic carbocycles. The third kappa shape index (κ3) is 16.5. The number of aliphatic carboxylic acids is 2. The number of hydrogen-bond donors (Lipinski definition) is 15. The van der Waals surface area contributed by atoms with Crippen molar-refractivity contribution < 1.29 is 63.9 Å². The van der Waals surface area contributed by atoms with Gasteiger partial charge in [-0.1, -0.05) is 30.3 Å². The van der Waals surface area contributed by atoms with Crippen LogP contribution in [0.4, 0.5) is 0 Å². The van der Waals surface area contributed by atoms with Gasteiger partial charge < -0.3 is 79.6 Å². The Morgan fingerprint density at radius 2 is 1.38 bits per heavy atom. The van der Waals surface area contributed by atoms with Gasteiger partial charge in [-0.15, -0.1) is 0 Å². The van der Waals surface area contributed by atoms with Crippen molar-refractivity contribution in [2.24, 2.45) is 22.2 Å². The lowest BCUT2D eigenvalue weighted by atomic mass is 10.0. The van der Waals surface area contributed by atoms with E-state index in [2.05, 4.69) is 41.9 Å². The molecule has 0 saturated carbocycles. The highest BCUT2D eigenvalue weighted by Crippen LogP contribution is 2.19. The normalized spacial score (nSPS) is 14.2. The standard InChI is InChI=1S/C40H55N11O13/c1-20(53)33(51-34(58)25(41)19-52)38(62)49-29(15-21-8-10-23(54)11-9-21)37(61)48-28(12-13-32(56)57)35(59)46-18-31(55)47-27(7-4-14-44-40(42)43)36(60)50-30(39(63)64)16-22-17-45-26-6-3-2-5-24(22)26/h2-3,5-6,8-11,17,20,25,27-30,33,45,52-54H,4,7,12-16,18-19,41H2,1H3,(H,46,59)(H,47,55)(H,48,61)(H,49,62)(H,50,60)(H,51,58)(H,56,57)(H,63,64)(H4,42,43,44). The average Bonchev–Trinajstić information content (AvgIpc) is 3.66. The number of phenolic OH excluding ortho intramolecular Hbond substituents is 1. The van der Waals surface area contributed by atoms with Crippen molar-refractivity contribution in [1.82, 2.24) is 36.9 Å². The molecule has 0 fully saturated rings. The number of nitrogens with one attached hydrogen (secondary N) is 7. The molecule has 0 bridgehead atoms. The summed E-state index contributed by atoms with van der Waals surface area (Å²) in [6.45, 7) is -0.397. The summed E-state index contributed by atoms with van der Waals surface area (Å²) in [7, 11) is 0. The van der Waals surface area contributed by atoms with Crippen LogP contribution in [0.15, 0.2) is 59.7 Å². The molecule has 24 heteroatoms. The van der Waals surface area contributed by atoms with Crippen LogP contribution in [-0.2, 0) is 51.2 Å². The number of fused-ring (bicyclic) bond motifs is 1. The van der Waals surface area contributed by atoms with E-state index in [0.29, 0.717) is 11.1 Å². The number of aromatic hydroxyl groups is 1. The van der Waals surface area contributed by atoms with E-state index >= 15 is 0 Å². The fraction of sp³-hybridized carbons (Fsp3) is 0.425. The van der Waals surface area contributed by atoms with Gasteiger partial charge in [-0.2, -0.15) is 0 Å². The minimum atomic E-state index is -1.68. The molecule has 24 nitrogen and oxygen atoms in total. The lowest BCUT2D eigenvalue weighted by molar-refractivity contribution is -0.142. The molecule has 348 valence electrons. The Morgan fingerprint density at radius 3 is 2.00 bits per heavy atom. The Balaban J connectivity index is 1.78. The van der Waals surface area contributed by atoms with E-state index in [1.165, 1.54) is 24.3 Å². The number of aromatic amines is 1. The van der Waals surface area contributed by atoms with Crippen LogP contribution < -0.4 is 49.1 Å². The number of para-hydroxylation sites is 1. The second-order valence-corrected chi connectivity index (χ2v) is 14.7. The van der Waals surface area contributed by atoms with Gasteiger partial charge in [0.1, 0.15) is 42.0 Å². The van der Waals surface area contributed by atoms with E-state index in [1.807, 2.05) is 0 Å². The monoisotopic (exact) mass is 897 g/mol. The van der Waals surface area contributed by atoms with Crippen LogP contribution in [0.25, 0.3) is 10.9 Å². The maximum atomic E-state index is 13.8. The van der Waals surface area contributed by atoms with E-state index in [1.54, 1.807) is 30.5 Å². The number of amides is 6. The molecule has 7 unspecified atom stereocenters. The van der Waals surface area contributed by atoms with Gasteiger partial charge in [-0.05, 0) is 55.5 Å². The molecule has 3 rings (SSSR count). The number of guanidine groups is 1. The molecule has 18 N–H and O–H groups in total. The van der Waals surface area contributed by atoms with Crippen LogP contribution >= 0.6 is 0 Å². The van der Waals surface area contributed by atoms with E-state index in [4.69, 9.17) is 17.2 Å². The zero-order valence-corrected chi connectivity index (χ0v) is 34.8. The topological polar surface area (TPSA) is 416 Å². The van der Waals surface area contributed by atoms with Crippen LogP contribution in [0, 0.1) is 0 Å². The maximum absolute atomic E-state index is 13.8. The minimum Gasteiger partial charge on any atom is -0.508 e. The lowest BCUT2D eigenvalue weighted by Gasteiger charge is -2.27. The molecule has 7 atom stereocenters. The molecule has 0 spiro atoms. The van der Waals surface area contributed by atoms with Crippen LogP contribution in [0.5, 0.6) is 5.75 Å². The Kier molecular flexibility index (Phi) is 19.9. The smallest absolute Gasteiger partial charge is 0.326 e. The predicted octanol–water partition coefficient (Wildman–Crippen LogP) is -4.10. The van der Waals surface area contributed by atoms with Crippen LogP contribution in [0.2, 0.25) is 0 Å². The molecular weight excluding hydrogens is 843 g/mol. The fourth-order valence-electron chi connectivity index (χ4n) is 6.20. The Labute approximate surface area is 365 Å². The number of carbonyl (C=O) groups is 8. The van der Waals surface area contributed by atoms with Gasteiger partial charge in [0.05, 0.1) is 19.3 Å². The number of hydrogen-bond acceptors (Lipinski definition) is 13. The summed E-state index contributed by atoms with van der Waals surface area (Å²) in [5.74, 6) is -9.05. The SMILES string of the molecule is CC(O)C(NC(=O)C(N)CO)C(=O)NC(Cc1ccc(O)cc1)C(=O)NC(CCC(=O)O)C(=O)NCC(=O)NC(CCCN=C(N)N)C(=O)NC(Cc1c[nH]c2ccccc12)C(=O)O. The third-order valence-corrected chi connectivity index (χ3v) is 9.62. The fourth-order valence-corrected chi connectivity index (χ4v) is 6.20. The molecule has 3 aromatic rings. The molecule has 64 heavy (non-hydrogen) atoms. The summed E-state index contributed by atoms with van der Waals surface area (Å²) in [5, 5.41) is 63.5. The predicted molar refractivity (Wildman–Crippen MR) is 228 cm³/mol. The van der Waals surface area contributed by atoms with E-state index in [9.17, 15) is 63.9 Å². The van der Waals surface area contributed by atoms with Crippen molar-refractivity contribution in [3.05, 3.63) is 65.9 Å². The van der Waals surface area contributed by atoms with Crippen molar-refractivity contribution in [3.8, 4) is 5.75 Å². The average molecular weight is 898 g/mol. The summed E-state index contributed by atoms with van der Waals surface area (Å²) >= 11 is 0. The minimum absolute atomic E-state index is 0.0434. The first-order valence-electron chi connectivity index (χ1n) is 19.9. The highest BCUT2D eigenvalue weighted by Gasteiger charge is 2.33. The number of carboxylic acid groups (broad SMARTS) is 2. The molecule has 0 aliphatic heterocycles. The summed E-state index contributed by atoms with van der Waals surface area (Å²) in [4.78, 5) is 111. The maximum Gasteiger partial charge on any atom is 0.326 e. The number of aliphatic hydroxyl groups excluding tert-OH is 2. The van der Waals surface area contributed by atoms with E-state index in [-0.39, 0.29) is 43.9 Å². The zero-order valence-electron chi connectivity index (χ0n) is 34.8. The zero-order chi connectivity index (χ0) is 47.5. The van der Waals surface area contributed by atoms with Crippen molar-refractivity contribution in [2.45, 2.75) is 87.8 Å². The first kappa shape index (κ1) is 51.0. The summed E-state index contributed by atoms with van der Waals surface area (Å²) < 4.78 is 0. The van der Waals surface area contributed by atoms with Crippen LogP contribution in [0.1, 0.15) is 43.7 Å². The number of aliphatic hydroxyl groups is 2. The molecular formula is C40H55N11O13.